The molecule has 0 saturated carbocycles. The molecule has 1 aromatic rings. The molecule has 0 amide bonds. The Morgan fingerprint density at radius 3 is 2.34 bits per heavy atom. The van der Waals surface area contributed by atoms with E-state index >= 15 is 0 Å². The first-order chi connectivity index (χ1) is 17.9. The third-order valence-corrected chi connectivity index (χ3v) is 8.58. The van der Waals surface area contributed by atoms with Crippen molar-refractivity contribution >= 4 is 38.6 Å². The van der Waals surface area contributed by atoms with Gasteiger partial charge in [-0.25, -0.2) is 0 Å². The van der Waals surface area contributed by atoms with E-state index in [1.807, 2.05) is 24.5 Å². The number of rotatable bonds is 16. The van der Waals surface area contributed by atoms with Crippen molar-refractivity contribution in [3.05, 3.63) is 23.8 Å². The highest BCUT2D eigenvalue weighted by atomic mass is 32.2. The molecule has 2 rings (SSSR count). The van der Waals surface area contributed by atoms with Crippen molar-refractivity contribution in [1.82, 2.24) is 0 Å². The summed E-state index contributed by atoms with van der Waals surface area (Å²) in [7, 11) is -4.54. The van der Waals surface area contributed by atoms with Crippen LogP contribution in [0.4, 0.5) is 0 Å². The molecular formula is C25H46N2O8S3. The lowest BCUT2D eigenvalue weighted by Crippen LogP contribution is -2.30. The summed E-state index contributed by atoms with van der Waals surface area (Å²) in [5.41, 5.74) is 11.1. The molecule has 222 valence electrons. The monoisotopic (exact) mass is 598 g/mol. The average molecular weight is 599 g/mol. The lowest BCUT2D eigenvalue weighted by atomic mass is 10.1. The zero-order valence-electron chi connectivity index (χ0n) is 22.8. The van der Waals surface area contributed by atoms with Crippen molar-refractivity contribution in [2.24, 2.45) is 11.5 Å². The quantitative estimate of drug-likeness (QED) is 0.162. The summed E-state index contributed by atoms with van der Waals surface area (Å²) >= 11 is 1.60. The fraction of sp³-hybridized carbons (Fsp3) is 0.720. The molecule has 10 nitrogen and oxygen atoms in total. The van der Waals surface area contributed by atoms with Gasteiger partial charge in [0.2, 0.25) is 6.79 Å². The summed E-state index contributed by atoms with van der Waals surface area (Å²) in [4.78, 5) is 10.1. The van der Waals surface area contributed by atoms with Gasteiger partial charge in [-0.15, -0.1) is 0 Å². The maximum absolute atomic E-state index is 12.3. The van der Waals surface area contributed by atoms with Crippen LogP contribution in [0.15, 0.2) is 18.2 Å². The molecule has 13 heteroatoms. The number of carbonyl (C=O) groups is 1. The van der Waals surface area contributed by atoms with Gasteiger partial charge in [-0.2, -0.15) is 20.2 Å². The Labute approximate surface area is 234 Å². The Balaban J connectivity index is 0.000000706. The van der Waals surface area contributed by atoms with E-state index in [1.54, 1.807) is 11.8 Å². The zero-order chi connectivity index (χ0) is 29.0. The van der Waals surface area contributed by atoms with Crippen LogP contribution in [0, 0.1) is 0 Å². The first kappa shape index (κ1) is 36.6. The van der Waals surface area contributed by atoms with Crippen LogP contribution in [0.3, 0.4) is 0 Å². The molecular weight excluding hydrogens is 552 g/mol. The van der Waals surface area contributed by atoms with Crippen molar-refractivity contribution in [2.75, 3.05) is 36.9 Å². The zero-order valence-corrected chi connectivity index (χ0v) is 25.3. The molecule has 1 aliphatic rings. The fourth-order valence-electron chi connectivity index (χ4n) is 3.24. The number of hydrogen-bond acceptors (Lipinski definition) is 9. The van der Waals surface area contributed by atoms with Crippen molar-refractivity contribution in [2.45, 2.75) is 76.5 Å². The van der Waals surface area contributed by atoms with Gasteiger partial charge >= 0.3 is 5.97 Å². The standard InChI is InChI=1S/C18H28O3S.C5H11NO2S.C2H7NO3S/c1-3-4-5-6-7-8-11-22(19)15(2)12-16-9-10-17-18(13-16)21-14-20-17;1-9-3-2-4(6)5(7)8;3-1-2-7(4,5)6/h9-10,13,15H,3-8,11-12,14H2,1-2H3;4H,2-3,6H2,1H3,(H,7,8);1-3H2,(H,4,5,6)/t;4-;/m.0./s1. The maximum atomic E-state index is 12.3. The number of nitrogens with two attached hydrogens (primary N) is 2. The van der Waals surface area contributed by atoms with Gasteiger partial charge in [-0.1, -0.05) is 52.0 Å². The first-order valence-electron chi connectivity index (χ1n) is 12.8. The molecule has 0 fully saturated rings. The van der Waals surface area contributed by atoms with E-state index in [0.717, 1.165) is 35.8 Å². The van der Waals surface area contributed by atoms with Gasteiger partial charge in [-0.3, -0.25) is 13.6 Å². The highest BCUT2D eigenvalue weighted by Crippen LogP contribution is 2.33. The smallest absolute Gasteiger partial charge is 0.320 e. The number of carboxylic acids is 1. The van der Waals surface area contributed by atoms with Gasteiger partial charge < -0.3 is 26.0 Å². The Morgan fingerprint density at radius 2 is 1.79 bits per heavy atom. The van der Waals surface area contributed by atoms with E-state index in [4.69, 9.17) is 30.6 Å². The number of hydrogen-bond donors (Lipinski definition) is 4. The summed E-state index contributed by atoms with van der Waals surface area (Å²) < 4.78 is 50.4. The summed E-state index contributed by atoms with van der Waals surface area (Å²) in [6.45, 7) is 4.59. The van der Waals surface area contributed by atoms with Crippen LogP contribution in [0.1, 0.15) is 64.4 Å². The second-order valence-corrected chi connectivity index (χ2v) is 13.4. The van der Waals surface area contributed by atoms with E-state index in [9.17, 15) is 17.4 Å². The lowest BCUT2D eigenvalue weighted by Gasteiger charge is -2.12. The number of carboxylic acid groups (broad SMARTS) is 1. The van der Waals surface area contributed by atoms with Crippen molar-refractivity contribution in [1.29, 1.82) is 0 Å². The van der Waals surface area contributed by atoms with Gasteiger partial charge in [0.1, 0.15) is 6.04 Å². The molecule has 2 unspecified atom stereocenters. The molecule has 0 bridgehead atoms. The number of unbranched alkanes of at least 4 members (excludes halogenated alkanes) is 5. The highest BCUT2D eigenvalue weighted by Gasteiger charge is 2.16. The van der Waals surface area contributed by atoms with Gasteiger partial charge in [0, 0.05) is 28.3 Å². The summed E-state index contributed by atoms with van der Waals surface area (Å²) in [5, 5.41) is 8.47. The third kappa shape index (κ3) is 18.8. The van der Waals surface area contributed by atoms with Gasteiger partial charge in [0.05, 0.1) is 5.75 Å². The van der Waals surface area contributed by atoms with Crippen LogP contribution in [0.5, 0.6) is 11.5 Å². The minimum absolute atomic E-state index is 0.0289. The summed E-state index contributed by atoms with van der Waals surface area (Å²) in [5.74, 6) is 2.00. The minimum atomic E-state index is -3.80. The normalized spacial score (nSPS) is 14.4. The molecule has 1 heterocycles. The molecule has 38 heavy (non-hydrogen) atoms. The van der Waals surface area contributed by atoms with E-state index in [-0.39, 0.29) is 17.5 Å². The second-order valence-electron chi connectivity index (χ2n) is 8.86. The summed E-state index contributed by atoms with van der Waals surface area (Å²) in [6.07, 6.45) is 10.8. The molecule has 0 radical (unpaired) electrons. The number of ether oxygens (including phenoxy) is 2. The van der Waals surface area contributed by atoms with Crippen LogP contribution in [-0.2, 0) is 32.1 Å². The SMILES string of the molecule is CCCCCCCCS(=O)C(C)Cc1ccc2c(c1)OCO2.CSCC[C@H](N)C(=O)O.NCCS(=O)(=O)O. The molecule has 3 atom stereocenters. The predicted molar refractivity (Wildman–Crippen MR) is 156 cm³/mol. The van der Waals surface area contributed by atoms with E-state index in [2.05, 4.69) is 13.8 Å². The minimum Gasteiger partial charge on any atom is -0.480 e. The largest absolute Gasteiger partial charge is 0.480 e. The molecule has 1 aromatic carbocycles. The summed E-state index contributed by atoms with van der Waals surface area (Å²) in [6, 6.07) is 5.32. The van der Waals surface area contributed by atoms with Crippen LogP contribution >= 0.6 is 11.8 Å². The average Bonchev–Trinajstić information content (AvgIpc) is 3.32. The van der Waals surface area contributed by atoms with Crippen molar-refractivity contribution < 1.29 is 36.6 Å². The third-order valence-electron chi connectivity index (χ3n) is 5.43. The molecule has 0 aromatic heterocycles. The van der Waals surface area contributed by atoms with Crippen LogP contribution in [0.25, 0.3) is 0 Å². The number of thioether (sulfide) groups is 1. The van der Waals surface area contributed by atoms with Crippen LogP contribution in [0.2, 0.25) is 0 Å². The van der Waals surface area contributed by atoms with Gasteiger partial charge in [0.15, 0.2) is 11.5 Å². The van der Waals surface area contributed by atoms with Crippen molar-refractivity contribution in [3.63, 3.8) is 0 Å². The van der Waals surface area contributed by atoms with Gasteiger partial charge in [-0.05, 0) is 49.0 Å². The molecule has 0 spiro atoms. The maximum Gasteiger partial charge on any atom is 0.320 e. The molecule has 1 aliphatic heterocycles. The highest BCUT2D eigenvalue weighted by molar-refractivity contribution is 7.98. The van der Waals surface area contributed by atoms with Gasteiger partial charge in [0.25, 0.3) is 10.1 Å². The molecule has 6 N–H and O–H groups in total. The number of benzene rings is 1. The topological polar surface area (TPSA) is 179 Å². The van der Waals surface area contributed by atoms with Crippen molar-refractivity contribution in [3.8, 4) is 11.5 Å². The second kappa shape index (κ2) is 21.4. The van der Waals surface area contributed by atoms with Crippen LogP contribution < -0.4 is 20.9 Å². The first-order valence-corrected chi connectivity index (χ1v) is 17.2. The number of aliphatic carboxylic acids is 1. The Morgan fingerprint density at radius 1 is 1.16 bits per heavy atom. The lowest BCUT2D eigenvalue weighted by molar-refractivity contribution is -0.138. The predicted octanol–water partition coefficient (Wildman–Crippen LogP) is 3.44. The Hall–Kier alpha value is -1.38. The fourth-order valence-corrected chi connectivity index (χ4v) is 5.29. The molecule has 0 saturated heterocycles. The van der Waals surface area contributed by atoms with Crippen LogP contribution in [-0.4, -0.2) is 76.4 Å². The Kier molecular flexibility index (Phi) is 20.7. The molecule has 0 aliphatic carbocycles. The van der Waals surface area contributed by atoms with E-state index in [0.29, 0.717) is 13.2 Å². The van der Waals surface area contributed by atoms with E-state index in [1.165, 1.54) is 37.7 Å². The van der Waals surface area contributed by atoms with E-state index < -0.39 is 32.9 Å². The number of fused-ring (bicyclic) bond motifs is 1. The Bertz CT molecular complexity index is 916.